The van der Waals surface area contributed by atoms with Crippen LogP contribution in [0.4, 0.5) is 17.1 Å². The van der Waals surface area contributed by atoms with E-state index in [0.29, 0.717) is 34.3 Å². The molecule has 0 radical (unpaired) electrons. The molecule has 1 aliphatic rings. The molecular formula is C27H27N3O4. The summed E-state index contributed by atoms with van der Waals surface area (Å²) in [4.78, 5) is 32.6. The van der Waals surface area contributed by atoms with Crippen LogP contribution in [0.25, 0.3) is 0 Å². The maximum atomic E-state index is 13.3. The molecule has 7 nitrogen and oxygen atoms in total. The third-order valence-electron chi connectivity index (χ3n) is 5.71. The van der Waals surface area contributed by atoms with Crippen molar-refractivity contribution < 1.29 is 19.1 Å². The Labute approximate surface area is 199 Å². The first-order valence-electron chi connectivity index (χ1n) is 11.0. The number of anilines is 2. The van der Waals surface area contributed by atoms with E-state index in [2.05, 4.69) is 11.4 Å². The van der Waals surface area contributed by atoms with Crippen molar-refractivity contribution in [1.82, 2.24) is 0 Å². The molecule has 4 rings (SSSR count). The lowest BCUT2D eigenvalue weighted by atomic mass is 9.99. The topological polar surface area (TPSA) is 80.2 Å². The van der Waals surface area contributed by atoms with Gasteiger partial charge in [0.15, 0.2) is 11.5 Å². The van der Waals surface area contributed by atoms with Crippen LogP contribution in [0.2, 0.25) is 0 Å². The maximum absolute atomic E-state index is 13.3. The number of fused-ring (bicyclic) bond motifs is 1. The van der Waals surface area contributed by atoms with E-state index < -0.39 is 0 Å². The second kappa shape index (κ2) is 9.79. The van der Waals surface area contributed by atoms with E-state index in [1.165, 1.54) is 12.0 Å². The zero-order chi connectivity index (χ0) is 24.2. The number of aryl methyl sites for hydroxylation is 2. The Morgan fingerprint density at radius 1 is 1.00 bits per heavy atom. The fourth-order valence-corrected chi connectivity index (χ4v) is 4.07. The first kappa shape index (κ1) is 23.0. The van der Waals surface area contributed by atoms with Gasteiger partial charge in [0.25, 0.3) is 0 Å². The molecule has 3 aromatic rings. The van der Waals surface area contributed by atoms with Gasteiger partial charge in [0.2, 0.25) is 11.8 Å². The number of hydrogen-bond donors (Lipinski definition) is 1. The van der Waals surface area contributed by atoms with Gasteiger partial charge in [-0.1, -0.05) is 35.9 Å². The van der Waals surface area contributed by atoms with Gasteiger partial charge in [-0.2, -0.15) is 0 Å². The number of nitrogens with zero attached hydrogens (tertiary/aromatic N) is 2. The van der Waals surface area contributed by atoms with E-state index in [-0.39, 0.29) is 24.8 Å². The summed E-state index contributed by atoms with van der Waals surface area (Å²) in [5.41, 5.74) is 5.64. The van der Waals surface area contributed by atoms with Crippen molar-refractivity contribution in [2.75, 3.05) is 31.0 Å². The van der Waals surface area contributed by atoms with Gasteiger partial charge in [0, 0.05) is 11.8 Å². The molecule has 2 amide bonds. The highest BCUT2D eigenvalue weighted by atomic mass is 16.5. The van der Waals surface area contributed by atoms with E-state index in [0.717, 1.165) is 16.7 Å². The average molecular weight is 458 g/mol. The van der Waals surface area contributed by atoms with E-state index in [9.17, 15) is 9.59 Å². The molecule has 0 aromatic heterocycles. The van der Waals surface area contributed by atoms with Crippen molar-refractivity contribution in [2.45, 2.75) is 20.3 Å². The van der Waals surface area contributed by atoms with Gasteiger partial charge in [-0.15, -0.1) is 0 Å². The maximum Gasteiger partial charge on any atom is 0.244 e. The number of ether oxygens (including phenoxy) is 2. The lowest BCUT2D eigenvalue weighted by Gasteiger charge is -2.22. The van der Waals surface area contributed by atoms with Gasteiger partial charge in [-0.3, -0.25) is 14.6 Å². The molecule has 0 atom stereocenters. The summed E-state index contributed by atoms with van der Waals surface area (Å²) in [5.74, 6) is 0.549. The van der Waals surface area contributed by atoms with Crippen molar-refractivity contribution in [2.24, 2.45) is 4.99 Å². The van der Waals surface area contributed by atoms with E-state index in [1.54, 1.807) is 25.3 Å². The number of hydrogen-bond acceptors (Lipinski definition) is 5. The molecule has 1 N–H and O–H groups in total. The first-order chi connectivity index (χ1) is 16.4. The molecule has 34 heavy (non-hydrogen) atoms. The molecule has 1 heterocycles. The van der Waals surface area contributed by atoms with Gasteiger partial charge in [-0.25, -0.2) is 0 Å². The third-order valence-corrected chi connectivity index (χ3v) is 5.71. The number of rotatable bonds is 6. The molecule has 3 aromatic carbocycles. The molecule has 0 spiro atoms. The summed E-state index contributed by atoms with van der Waals surface area (Å²) in [6, 6.07) is 18.6. The summed E-state index contributed by atoms with van der Waals surface area (Å²) in [6.07, 6.45) is 0.0994. The van der Waals surface area contributed by atoms with Crippen LogP contribution >= 0.6 is 0 Å². The van der Waals surface area contributed by atoms with Gasteiger partial charge in [0.05, 0.1) is 37.7 Å². The van der Waals surface area contributed by atoms with Crippen LogP contribution in [0.3, 0.4) is 0 Å². The summed E-state index contributed by atoms with van der Waals surface area (Å²) in [5, 5.41) is 2.84. The molecule has 0 saturated heterocycles. The van der Waals surface area contributed by atoms with Crippen LogP contribution in [-0.4, -0.2) is 38.3 Å². The number of carbonyl (C=O) groups is 2. The predicted molar refractivity (Wildman–Crippen MR) is 134 cm³/mol. The minimum absolute atomic E-state index is 0.0994. The smallest absolute Gasteiger partial charge is 0.244 e. The van der Waals surface area contributed by atoms with Crippen molar-refractivity contribution >= 4 is 34.6 Å². The zero-order valence-electron chi connectivity index (χ0n) is 19.7. The summed E-state index contributed by atoms with van der Waals surface area (Å²) < 4.78 is 10.5. The normalized spacial score (nSPS) is 13.0. The summed E-state index contributed by atoms with van der Waals surface area (Å²) >= 11 is 0. The minimum atomic E-state index is -0.328. The Kier molecular flexibility index (Phi) is 6.63. The van der Waals surface area contributed by atoms with Crippen molar-refractivity contribution in [3.63, 3.8) is 0 Å². The molecule has 174 valence electrons. The fourth-order valence-electron chi connectivity index (χ4n) is 4.07. The lowest BCUT2D eigenvalue weighted by Crippen LogP contribution is -2.38. The van der Waals surface area contributed by atoms with Gasteiger partial charge < -0.3 is 19.7 Å². The molecule has 0 bridgehead atoms. The highest BCUT2D eigenvalue weighted by Gasteiger charge is 2.27. The quantitative estimate of drug-likeness (QED) is 0.576. The van der Waals surface area contributed by atoms with E-state index >= 15 is 0 Å². The molecule has 0 aliphatic carbocycles. The summed E-state index contributed by atoms with van der Waals surface area (Å²) in [7, 11) is 3.08. The predicted octanol–water partition coefficient (Wildman–Crippen LogP) is 4.82. The number of aliphatic imine (C=N–C) groups is 1. The van der Waals surface area contributed by atoms with Gasteiger partial charge in [-0.05, 0) is 49.2 Å². The van der Waals surface area contributed by atoms with Crippen LogP contribution in [0.1, 0.15) is 23.1 Å². The zero-order valence-corrected chi connectivity index (χ0v) is 19.7. The Hall–Kier alpha value is -4.13. The number of para-hydroxylation sites is 2. The van der Waals surface area contributed by atoms with Crippen LogP contribution in [-0.2, 0) is 9.59 Å². The number of amides is 2. The number of carbonyl (C=O) groups excluding carboxylic acids is 2. The Bertz CT molecular complexity index is 1280. The van der Waals surface area contributed by atoms with E-state index in [1.807, 2.05) is 50.2 Å². The fraction of sp³-hybridized carbons (Fsp3) is 0.222. The van der Waals surface area contributed by atoms with Crippen LogP contribution in [0, 0.1) is 13.8 Å². The highest BCUT2D eigenvalue weighted by molar-refractivity contribution is 6.19. The van der Waals surface area contributed by atoms with E-state index in [4.69, 9.17) is 14.5 Å². The Balaban J connectivity index is 1.59. The molecule has 0 saturated carbocycles. The SMILES string of the molecule is COc1ccc(NC(=O)CN2C(=O)CC(c3ccc(C)cc3C)=Nc3ccccc32)cc1OC. The largest absolute Gasteiger partial charge is 0.493 e. The Morgan fingerprint density at radius 3 is 2.50 bits per heavy atom. The number of methoxy groups -OCH3 is 2. The number of nitrogens with one attached hydrogen (secondary N) is 1. The standard InChI is InChI=1S/C27H27N3O4/c1-17-9-11-20(18(2)13-17)22-15-27(32)30(23-8-6-5-7-21(23)29-22)16-26(31)28-19-10-12-24(33-3)25(14-19)34-4/h5-14H,15-16H2,1-4H3,(H,28,31). The minimum Gasteiger partial charge on any atom is -0.493 e. The van der Waals surface area contributed by atoms with Gasteiger partial charge >= 0.3 is 0 Å². The second-order valence-electron chi connectivity index (χ2n) is 8.14. The second-order valence-corrected chi connectivity index (χ2v) is 8.14. The Morgan fingerprint density at radius 2 is 1.76 bits per heavy atom. The highest BCUT2D eigenvalue weighted by Crippen LogP contribution is 2.34. The van der Waals surface area contributed by atoms with Crippen molar-refractivity contribution in [3.05, 3.63) is 77.4 Å². The molecule has 1 aliphatic heterocycles. The lowest BCUT2D eigenvalue weighted by molar-refractivity contribution is -0.120. The van der Waals surface area contributed by atoms with Crippen molar-refractivity contribution in [1.29, 1.82) is 0 Å². The van der Waals surface area contributed by atoms with Crippen LogP contribution < -0.4 is 19.7 Å². The molecule has 0 fully saturated rings. The van der Waals surface area contributed by atoms with Crippen molar-refractivity contribution in [3.8, 4) is 11.5 Å². The third kappa shape index (κ3) is 4.78. The first-order valence-corrected chi connectivity index (χ1v) is 11.0. The summed E-state index contributed by atoms with van der Waals surface area (Å²) in [6.45, 7) is 3.91. The van der Waals surface area contributed by atoms with Crippen LogP contribution in [0.15, 0.2) is 65.7 Å². The molecular weight excluding hydrogens is 430 g/mol. The molecule has 7 heteroatoms. The van der Waals surface area contributed by atoms with Crippen LogP contribution in [0.5, 0.6) is 11.5 Å². The number of benzene rings is 3. The molecule has 0 unspecified atom stereocenters. The average Bonchev–Trinajstić information content (AvgIpc) is 2.95. The monoisotopic (exact) mass is 457 g/mol. The van der Waals surface area contributed by atoms with Gasteiger partial charge in [0.1, 0.15) is 6.54 Å².